The number of para-hydroxylation sites is 4. The topological polar surface area (TPSA) is 71.1 Å². The van der Waals surface area contributed by atoms with Gasteiger partial charge in [-0.1, -0.05) is 24.3 Å². The third kappa shape index (κ3) is 5.26. The van der Waals surface area contributed by atoms with E-state index in [-0.39, 0.29) is 18.4 Å². The van der Waals surface area contributed by atoms with Gasteiger partial charge >= 0.3 is 0 Å². The third-order valence-corrected chi connectivity index (χ3v) is 4.67. The Morgan fingerprint density at radius 1 is 1.10 bits per heavy atom. The first kappa shape index (κ1) is 20.7. The van der Waals surface area contributed by atoms with Gasteiger partial charge in [0.2, 0.25) is 11.8 Å². The average molecular weight is 397 g/mol. The van der Waals surface area contributed by atoms with Gasteiger partial charge in [-0.05, 0) is 31.2 Å². The van der Waals surface area contributed by atoms with E-state index in [4.69, 9.17) is 9.47 Å². The van der Waals surface area contributed by atoms with Crippen LogP contribution in [0.25, 0.3) is 0 Å². The minimum absolute atomic E-state index is 0.100. The minimum atomic E-state index is -0.271. The van der Waals surface area contributed by atoms with Crippen LogP contribution in [-0.4, -0.2) is 51.3 Å². The maximum absolute atomic E-state index is 12.8. The quantitative estimate of drug-likeness (QED) is 0.778. The highest BCUT2D eigenvalue weighted by molar-refractivity contribution is 6.03. The lowest BCUT2D eigenvalue weighted by molar-refractivity contribution is -0.120. The Labute approximate surface area is 171 Å². The lowest BCUT2D eigenvalue weighted by atomic mass is 10.2. The Bertz CT molecular complexity index is 849. The van der Waals surface area contributed by atoms with Crippen molar-refractivity contribution in [2.45, 2.75) is 13.8 Å². The van der Waals surface area contributed by atoms with Gasteiger partial charge in [-0.3, -0.25) is 14.5 Å². The van der Waals surface area contributed by atoms with Crippen molar-refractivity contribution in [1.29, 1.82) is 0 Å². The van der Waals surface area contributed by atoms with Crippen molar-refractivity contribution in [3.05, 3.63) is 48.5 Å². The monoisotopic (exact) mass is 397 g/mol. The Morgan fingerprint density at radius 2 is 1.79 bits per heavy atom. The maximum Gasteiger partial charge on any atom is 0.244 e. The fourth-order valence-electron chi connectivity index (χ4n) is 3.32. The standard InChI is InChI=1S/C22H27N3O4/c1-3-29-21-11-7-6-10-20(21)25(17(2)26)16-22(27)23-18-8-4-5-9-19(18)24-12-14-28-15-13-24/h4-11H,3,12-16H2,1-2H3,(H,23,27). The van der Waals surface area contributed by atoms with E-state index in [1.54, 1.807) is 12.1 Å². The van der Waals surface area contributed by atoms with Gasteiger partial charge in [0.05, 0.1) is 36.9 Å². The first-order chi connectivity index (χ1) is 14.1. The van der Waals surface area contributed by atoms with Crippen molar-refractivity contribution in [3.63, 3.8) is 0 Å². The molecule has 2 aromatic rings. The molecule has 0 aromatic heterocycles. The SMILES string of the molecule is CCOc1ccccc1N(CC(=O)Nc1ccccc1N1CCOCC1)C(C)=O. The minimum Gasteiger partial charge on any atom is -0.492 e. The van der Waals surface area contributed by atoms with Gasteiger partial charge in [0, 0.05) is 20.0 Å². The second kappa shape index (κ2) is 9.93. The molecule has 0 spiro atoms. The van der Waals surface area contributed by atoms with Crippen molar-refractivity contribution >= 4 is 28.9 Å². The van der Waals surface area contributed by atoms with Crippen molar-refractivity contribution in [2.24, 2.45) is 0 Å². The lowest BCUT2D eigenvalue weighted by Gasteiger charge is -2.30. The lowest BCUT2D eigenvalue weighted by Crippen LogP contribution is -2.38. The molecule has 0 radical (unpaired) electrons. The van der Waals surface area contributed by atoms with Crippen LogP contribution >= 0.6 is 0 Å². The summed E-state index contributed by atoms with van der Waals surface area (Å²) in [6, 6.07) is 14.9. The van der Waals surface area contributed by atoms with E-state index < -0.39 is 0 Å². The number of rotatable bonds is 7. The normalized spacial score (nSPS) is 13.7. The molecule has 1 N–H and O–H groups in total. The molecule has 1 heterocycles. The Kier molecular flexibility index (Phi) is 7.08. The van der Waals surface area contributed by atoms with Crippen molar-refractivity contribution in [3.8, 4) is 5.75 Å². The number of hydrogen-bond acceptors (Lipinski definition) is 5. The van der Waals surface area contributed by atoms with Gasteiger partial charge in [-0.2, -0.15) is 0 Å². The predicted molar refractivity (Wildman–Crippen MR) is 114 cm³/mol. The molecule has 0 saturated carbocycles. The number of carbonyl (C=O) groups is 2. The van der Waals surface area contributed by atoms with Gasteiger partial charge in [0.15, 0.2) is 0 Å². The van der Waals surface area contributed by atoms with Gasteiger partial charge < -0.3 is 19.7 Å². The fourth-order valence-corrected chi connectivity index (χ4v) is 3.32. The van der Waals surface area contributed by atoms with Crippen LogP contribution in [0.1, 0.15) is 13.8 Å². The Hall–Kier alpha value is -3.06. The number of anilines is 3. The molecule has 1 aliphatic heterocycles. The zero-order valence-corrected chi connectivity index (χ0v) is 16.9. The highest BCUT2D eigenvalue weighted by atomic mass is 16.5. The molecular weight excluding hydrogens is 370 g/mol. The summed E-state index contributed by atoms with van der Waals surface area (Å²) >= 11 is 0. The zero-order valence-electron chi connectivity index (χ0n) is 16.9. The Morgan fingerprint density at radius 3 is 2.52 bits per heavy atom. The second-order valence-electron chi connectivity index (χ2n) is 6.67. The number of amides is 2. The van der Waals surface area contributed by atoms with E-state index >= 15 is 0 Å². The first-order valence-electron chi connectivity index (χ1n) is 9.81. The van der Waals surface area contributed by atoms with E-state index in [9.17, 15) is 9.59 Å². The molecule has 154 valence electrons. The van der Waals surface area contributed by atoms with Gasteiger partial charge in [0.25, 0.3) is 0 Å². The summed E-state index contributed by atoms with van der Waals surface area (Å²) < 4.78 is 11.0. The molecule has 7 heteroatoms. The van der Waals surface area contributed by atoms with Gasteiger partial charge in [0.1, 0.15) is 12.3 Å². The molecule has 2 amide bonds. The average Bonchev–Trinajstić information content (AvgIpc) is 2.74. The highest BCUT2D eigenvalue weighted by Gasteiger charge is 2.21. The zero-order chi connectivity index (χ0) is 20.6. The van der Waals surface area contributed by atoms with Crippen LogP contribution in [0, 0.1) is 0 Å². The van der Waals surface area contributed by atoms with E-state index in [1.165, 1.54) is 11.8 Å². The van der Waals surface area contributed by atoms with Crippen LogP contribution in [-0.2, 0) is 14.3 Å². The largest absolute Gasteiger partial charge is 0.492 e. The molecular formula is C22H27N3O4. The molecule has 0 atom stereocenters. The van der Waals surface area contributed by atoms with Crippen molar-refractivity contribution in [1.82, 2.24) is 0 Å². The maximum atomic E-state index is 12.8. The van der Waals surface area contributed by atoms with E-state index in [0.29, 0.717) is 31.3 Å². The fraction of sp³-hybridized carbons (Fsp3) is 0.364. The van der Waals surface area contributed by atoms with Crippen LogP contribution in [0.4, 0.5) is 17.1 Å². The molecule has 1 aliphatic rings. The molecule has 7 nitrogen and oxygen atoms in total. The van der Waals surface area contributed by atoms with Gasteiger partial charge in [-0.15, -0.1) is 0 Å². The van der Waals surface area contributed by atoms with Crippen LogP contribution in [0.2, 0.25) is 0 Å². The van der Waals surface area contributed by atoms with Crippen molar-refractivity contribution in [2.75, 3.05) is 54.6 Å². The highest BCUT2D eigenvalue weighted by Crippen LogP contribution is 2.29. The molecule has 1 saturated heterocycles. The van der Waals surface area contributed by atoms with Crippen molar-refractivity contribution < 1.29 is 19.1 Å². The van der Waals surface area contributed by atoms with Crippen LogP contribution < -0.4 is 19.9 Å². The summed E-state index contributed by atoms with van der Waals surface area (Å²) in [7, 11) is 0. The number of nitrogens with zero attached hydrogens (tertiary/aromatic N) is 2. The van der Waals surface area contributed by atoms with E-state index in [0.717, 1.165) is 24.5 Å². The number of hydrogen-bond donors (Lipinski definition) is 1. The smallest absolute Gasteiger partial charge is 0.244 e. The molecule has 3 rings (SSSR count). The number of benzene rings is 2. The van der Waals surface area contributed by atoms with E-state index in [2.05, 4.69) is 10.2 Å². The summed E-state index contributed by atoms with van der Waals surface area (Å²) in [6.45, 7) is 6.56. The summed E-state index contributed by atoms with van der Waals surface area (Å²) in [5, 5.41) is 2.96. The number of morpholine rings is 1. The molecule has 2 aromatic carbocycles. The summed E-state index contributed by atoms with van der Waals surface area (Å²) in [4.78, 5) is 28.7. The van der Waals surface area contributed by atoms with Crippen LogP contribution in [0.3, 0.4) is 0 Å². The number of nitrogens with one attached hydrogen (secondary N) is 1. The molecule has 0 aliphatic carbocycles. The van der Waals surface area contributed by atoms with E-state index in [1.807, 2.05) is 43.3 Å². The van der Waals surface area contributed by atoms with Crippen LogP contribution in [0.5, 0.6) is 5.75 Å². The third-order valence-electron chi connectivity index (χ3n) is 4.67. The first-order valence-corrected chi connectivity index (χ1v) is 9.81. The Balaban J connectivity index is 1.76. The van der Waals surface area contributed by atoms with Gasteiger partial charge in [-0.25, -0.2) is 0 Å². The predicted octanol–water partition coefficient (Wildman–Crippen LogP) is 2.91. The number of carbonyl (C=O) groups excluding carboxylic acids is 2. The summed E-state index contributed by atoms with van der Waals surface area (Å²) in [5.74, 6) is 0.0766. The summed E-state index contributed by atoms with van der Waals surface area (Å²) in [6.07, 6.45) is 0. The second-order valence-corrected chi connectivity index (χ2v) is 6.67. The number of ether oxygens (including phenoxy) is 2. The summed E-state index contributed by atoms with van der Waals surface area (Å²) in [5.41, 5.74) is 2.26. The molecule has 29 heavy (non-hydrogen) atoms. The molecule has 0 unspecified atom stereocenters. The molecule has 0 bridgehead atoms. The van der Waals surface area contributed by atoms with Crippen LogP contribution in [0.15, 0.2) is 48.5 Å². The molecule has 1 fully saturated rings.